The van der Waals surface area contributed by atoms with E-state index in [2.05, 4.69) is 9.97 Å². The van der Waals surface area contributed by atoms with E-state index in [4.69, 9.17) is 5.26 Å². The summed E-state index contributed by atoms with van der Waals surface area (Å²) in [5.41, 5.74) is 0.259. The molecule has 4 rings (SSSR count). The van der Waals surface area contributed by atoms with Crippen molar-refractivity contribution in [2.45, 2.75) is 43.1 Å². The van der Waals surface area contributed by atoms with Crippen LogP contribution >= 0.6 is 0 Å². The summed E-state index contributed by atoms with van der Waals surface area (Å²) < 4.78 is 14.1. The van der Waals surface area contributed by atoms with E-state index in [1.807, 2.05) is 6.07 Å². The fourth-order valence-electron chi connectivity index (χ4n) is 3.18. The second-order valence-corrected chi connectivity index (χ2v) is 6.68. The molecular weight excluding hydrogens is 288 g/mol. The molecule has 1 aliphatic heterocycles. The summed E-state index contributed by atoms with van der Waals surface area (Å²) >= 11 is 0. The van der Waals surface area contributed by atoms with Crippen LogP contribution in [-0.4, -0.2) is 24.0 Å². The minimum Gasteiger partial charge on any atom is -0.287 e. The van der Waals surface area contributed by atoms with Gasteiger partial charge in [0.25, 0.3) is 5.56 Å². The lowest BCUT2D eigenvalue weighted by atomic mass is 10.2. The minimum absolute atomic E-state index is 0. The van der Waals surface area contributed by atoms with Crippen LogP contribution in [0.25, 0.3) is 11.0 Å². The van der Waals surface area contributed by atoms with E-state index in [1.165, 1.54) is 6.07 Å². The van der Waals surface area contributed by atoms with Crippen molar-refractivity contribution in [2.24, 2.45) is 0 Å². The molecule has 3 atom stereocenters. The van der Waals surface area contributed by atoms with Gasteiger partial charge in [0.2, 0.25) is 5.16 Å². The average molecular weight is 302 g/mol. The first-order valence-electron chi connectivity index (χ1n) is 6.43. The predicted molar refractivity (Wildman–Crippen MR) is 78.3 cm³/mol. The van der Waals surface area contributed by atoms with Crippen molar-refractivity contribution in [3.05, 3.63) is 28.2 Å². The first-order valence-corrected chi connectivity index (χ1v) is 7.65. The van der Waals surface area contributed by atoms with Gasteiger partial charge in [0.1, 0.15) is 17.3 Å². The Labute approximate surface area is 123 Å². The largest absolute Gasteiger partial charge is 0.287 e. The van der Waals surface area contributed by atoms with Gasteiger partial charge in [-0.3, -0.25) is 13.6 Å². The molecule has 3 unspecified atom stereocenters. The molecular formula is C14H14N4O2S. The van der Waals surface area contributed by atoms with Gasteiger partial charge in [-0.1, -0.05) is 13.8 Å². The molecule has 7 heteroatoms. The average Bonchev–Trinajstić information content (AvgIpc) is 2.91. The second kappa shape index (κ2) is 4.74. The molecule has 2 aromatic heterocycles. The molecule has 1 saturated carbocycles. The number of hydrogen-bond donors (Lipinski definition) is 0. The zero-order valence-corrected chi connectivity index (χ0v) is 11.3. The molecule has 2 aliphatic rings. The Morgan fingerprint density at radius 2 is 2.24 bits per heavy atom. The Morgan fingerprint density at radius 1 is 1.43 bits per heavy atom. The van der Waals surface area contributed by atoms with Crippen LogP contribution in [0.4, 0.5) is 0 Å². The molecule has 0 spiro atoms. The Morgan fingerprint density at radius 3 is 3.00 bits per heavy atom. The SMILES string of the molecule is C.N#Cc1cc2cnc3nc2n(c1=O)C1CCCC1S3=O. The van der Waals surface area contributed by atoms with Gasteiger partial charge >= 0.3 is 0 Å². The molecule has 3 heterocycles. The van der Waals surface area contributed by atoms with Crippen LogP contribution in [0.3, 0.4) is 0 Å². The maximum absolute atomic E-state index is 12.5. The van der Waals surface area contributed by atoms with Crippen LogP contribution < -0.4 is 5.56 Å². The number of nitrogens with zero attached hydrogens (tertiary/aromatic N) is 4. The molecule has 2 aromatic rings. The number of pyridine rings is 1. The normalized spacial score (nSPS) is 26.0. The van der Waals surface area contributed by atoms with Crippen molar-refractivity contribution in [1.29, 1.82) is 5.26 Å². The molecule has 2 bridgehead atoms. The molecule has 1 fully saturated rings. The third-order valence-electron chi connectivity index (χ3n) is 4.08. The molecule has 0 saturated heterocycles. The van der Waals surface area contributed by atoms with Gasteiger partial charge in [0.05, 0.1) is 22.1 Å². The highest BCUT2D eigenvalue weighted by Crippen LogP contribution is 2.37. The monoisotopic (exact) mass is 302 g/mol. The lowest BCUT2D eigenvalue weighted by Gasteiger charge is -2.18. The number of aromatic nitrogens is 3. The van der Waals surface area contributed by atoms with E-state index in [1.54, 1.807) is 10.8 Å². The van der Waals surface area contributed by atoms with E-state index in [9.17, 15) is 9.00 Å². The number of hydrogen-bond acceptors (Lipinski definition) is 5. The Bertz CT molecular complexity index is 868. The van der Waals surface area contributed by atoms with E-state index in [0.29, 0.717) is 16.2 Å². The van der Waals surface area contributed by atoms with Gasteiger partial charge in [-0.15, -0.1) is 0 Å². The summed E-state index contributed by atoms with van der Waals surface area (Å²) in [5.74, 6) is 0. The predicted octanol–water partition coefficient (Wildman–Crippen LogP) is 1.51. The highest BCUT2D eigenvalue weighted by atomic mass is 32.2. The van der Waals surface area contributed by atoms with Crippen LogP contribution in [0.2, 0.25) is 0 Å². The molecule has 0 aromatic carbocycles. The Balaban J connectivity index is 0.00000132. The van der Waals surface area contributed by atoms with Crippen molar-refractivity contribution in [1.82, 2.24) is 14.5 Å². The summed E-state index contributed by atoms with van der Waals surface area (Å²) in [6, 6.07) is 3.29. The zero-order valence-electron chi connectivity index (χ0n) is 10.4. The standard InChI is InChI=1S/C13H10N4O2S.CH4/c14-5-7-4-8-6-15-13-16-11(8)17(12(7)18)9-2-1-3-10(9)20(13)19;/h4,6,9-10H,1-3H2;1H4. The first-order chi connectivity index (χ1) is 9.70. The maximum Gasteiger partial charge on any atom is 0.270 e. The summed E-state index contributed by atoms with van der Waals surface area (Å²) in [7, 11) is -1.29. The summed E-state index contributed by atoms with van der Waals surface area (Å²) in [6.07, 6.45) is 4.06. The van der Waals surface area contributed by atoms with Crippen molar-refractivity contribution in [3.8, 4) is 6.07 Å². The third kappa shape index (κ3) is 1.75. The van der Waals surface area contributed by atoms with Crippen LogP contribution in [0.15, 0.2) is 22.2 Å². The van der Waals surface area contributed by atoms with Gasteiger partial charge in [-0.25, -0.2) is 9.97 Å². The van der Waals surface area contributed by atoms with Crippen LogP contribution in [0.5, 0.6) is 0 Å². The molecule has 0 radical (unpaired) electrons. The highest BCUT2D eigenvalue weighted by molar-refractivity contribution is 7.85. The quantitative estimate of drug-likeness (QED) is 0.688. The highest BCUT2D eigenvalue weighted by Gasteiger charge is 2.39. The molecule has 0 N–H and O–H groups in total. The lowest BCUT2D eigenvalue weighted by Crippen LogP contribution is -2.31. The first kappa shape index (κ1) is 13.9. The zero-order chi connectivity index (χ0) is 13.9. The minimum atomic E-state index is -1.29. The van der Waals surface area contributed by atoms with E-state index < -0.39 is 10.8 Å². The smallest absolute Gasteiger partial charge is 0.270 e. The summed E-state index contributed by atoms with van der Waals surface area (Å²) in [4.78, 5) is 20.9. The molecule has 0 amide bonds. The molecule has 6 nitrogen and oxygen atoms in total. The second-order valence-electron chi connectivity index (χ2n) is 5.11. The Kier molecular flexibility index (Phi) is 3.14. The van der Waals surface area contributed by atoms with Gasteiger partial charge in [0.15, 0.2) is 0 Å². The van der Waals surface area contributed by atoms with Crippen LogP contribution in [0, 0.1) is 11.3 Å². The van der Waals surface area contributed by atoms with E-state index in [-0.39, 0.29) is 29.8 Å². The maximum atomic E-state index is 12.5. The van der Waals surface area contributed by atoms with Crippen molar-refractivity contribution >= 4 is 21.8 Å². The number of fused-ring (bicyclic) bond motifs is 3. The summed E-state index contributed by atoms with van der Waals surface area (Å²) in [6.45, 7) is 0. The molecule has 108 valence electrons. The fraction of sp³-hybridized carbons (Fsp3) is 0.429. The van der Waals surface area contributed by atoms with E-state index >= 15 is 0 Å². The van der Waals surface area contributed by atoms with Gasteiger partial charge in [-0.05, 0) is 18.9 Å². The van der Waals surface area contributed by atoms with E-state index in [0.717, 1.165) is 19.3 Å². The third-order valence-corrected chi connectivity index (χ3v) is 5.73. The summed E-state index contributed by atoms with van der Waals surface area (Å²) in [5, 5.41) is 9.92. The number of nitriles is 1. The van der Waals surface area contributed by atoms with Gasteiger partial charge in [-0.2, -0.15) is 5.26 Å². The lowest BCUT2D eigenvalue weighted by molar-refractivity contribution is 0.519. The topological polar surface area (TPSA) is 88.6 Å². The van der Waals surface area contributed by atoms with Crippen LogP contribution in [-0.2, 0) is 10.8 Å². The Hall–Kier alpha value is -2.07. The van der Waals surface area contributed by atoms with Crippen LogP contribution in [0.1, 0.15) is 38.3 Å². The molecule has 1 aliphatic carbocycles. The van der Waals surface area contributed by atoms with Crippen molar-refractivity contribution in [2.75, 3.05) is 0 Å². The number of rotatable bonds is 0. The molecule has 21 heavy (non-hydrogen) atoms. The fourth-order valence-corrected chi connectivity index (χ4v) is 4.70. The van der Waals surface area contributed by atoms with Crippen molar-refractivity contribution in [3.63, 3.8) is 0 Å². The van der Waals surface area contributed by atoms with Gasteiger partial charge < -0.3 is 0 Å². The van der Waals surface area contributed by atoms with Gasteiger partial charge in [0, 0.05) is 11.6 Å². The van der Waals surface area contributed by atoms with Crippen molar-refractivity contribution < 1.29 is 4.21 Å².